The molecule has 2 rings (SSSR count). The van der Waals surface area contributed by atoms with E-state index < -0.39 is 12.4 Å². The van der Waals surface area contributed by atoms with Crippen molar-refractivity contribution >= 4 is 9.47 Å². The van der Waals surface area contributed by atoms with Crippen LogP contribution in [0.4, 0.5) is 4.70 Å². The standard InChI is InChI=1S/C7H15O2P.C6H12O3.CH4.FH/c1-5-3-7(9-10)8-4-6(5)2;1-4-3-9-6(8)2-5(4)7;;/h5-7H,3-4,10H2,1-2H3;4-8H,2-3H2,1H3;1H4;1H/t5-,6+,7?;4-,5+,6?;;/m10../s1. The fourth-order valence-corrected chi connectivity index (χ4v) is 2.19. The van der Waals surface area contributed by atoms with Crippen molar-refractivity contribution in [2.45, 2.75) is 59.7 Å². The number of hydrogen-bond acceptors (Lipinski definition) is 5. The van der Waals surface area contributed by atoms with E-state index in [4.69, 9.17) is 24.2 Å². The molecule has 7 heteroatoms. The van der Waals surface area contributed by atoms with Gasteiger partial charge in [0.1, 0.15) is 0 Å². The van der Waals surface area contributed by atoms with E-state index in [2.05, 4.69) is 23.3 Å². The summed E-state index contributed by atoms with van der Waals surface area (Å²) in [4.78, 5) is 0. The summed E-state index contributed by atoms with van der Waals surface area (Å²) in [7, 11) is 2.25. The van der Waals surface area contributed by atoms with Crippen molar-refractivity contribution in [3.63, 3.8) is 0 Å². The molecule has 21 heavy (non-hydrogen) atoms. The SMILES string of the molecule is C.C[C@@H]1CC(OP)OC[C@@H]1C.C[C@H]1COC(O)C[C@H]1O.F. The van der Waals surface area contributed by atoms with Crippen LogP contribution in [0, 0.1) is 17.8 Å². The summed E-state index contributed by atoms with van der Waals surface area (Å²) < 4.78 is 15.2. The molecule has 2 fully saturated rings. The molecule has 3 unspecified atom stereocenters. The molecule has 2 N–H and O–H groups in total. The van der Waals surface area contributed by atoms with Crippen molar-refractivity contribution in [1.29, 1.82) is 0 Å². The van der Waals surface area contributed by atoms with Gasteiger partial charge in [-0.2, -0.15) is 0 Å². The van der Waals surface area contributed by atoms with Crippen LogP contribution in [0.5, 0.6) is 0 Å². The van der Waals surface area contributed by atoms with Crippen LogP contribution >= 0.6 is 9.47 Å². The lowest BCUT2D eigenvalue weighted by Gasteiger charge is -2.30. The Morgan fingerprint density at radius 2 is 1.52 bits per heavy atom. The second kappa shape index (κ2) is 11.7. The van der Waals surface area contributed by atoms with Gasteiger partial charge in [-0.25, -0.2) is 0 Å². The molecule has 0 saturated carbocycles. The Labute approximate surface area is 130 Å². The third-order valence-corrected chi connectivity index (χ3v) is 4.19. The second-order valence-electron chi connectivity index (χ2n) is 5.66. The van der Waals surface area contributed by atoms with Crippen molar-refractivity contribution < 1.29 is 28.9 Å². The van der Waals surface area contributed by atoms with Crippen LogP contribution in [0.15, 0.2) is 0 Å². The first kappa shape index (κ1) is 23.4. The molecule has 2 aliphatic rings. The lowest BCUT2D eigenvalue weighted by atomic mass is 9.91. The number of halogens is 1. The van der Waals surface area contributed by atoms with Crippen molar-refractivity contribution in [1.82, 2.24) is 0 Å². The number of aliphatic hydroxyl groups excluding tert-OH is 2. The van der Waals surface area contributed by atoms with E-state index in [0.29, 0.717) is 18.9 Å². The highest BCUT2D eigenvalue weighted by atomic mass is 31.0. The average molecular weight is 330 g/mol. The zero-order valence-corrected chi connectivity index (χ0v) is 13.6. The van der Waals surface area contributed by atoms with Crippen LogP contribution in [0.1, 0.15) is 41.0 Å². The maximum Gasteiger partial charge on any atom is 0.160 e. The van der Waals surface area contributed by atoms with Gasteiger partial charge in [0.15, 0.2) is 12.6 Å². The van der Waals surface area contributed by atoms with E-state index in [9.17, 15) is 0 Å². The van der Waals surface area contributed by atoms with E-state index in [0.717, 1.165) is 18.9 Å². The third kappa shape index (κ3) is 8.38. The summed E-state index contributed by atoms with van der Waals surface area (Å²) in [5.74, 6) is 1.56. The van der Waals surface area contributed by atoms with Crippen molar-refractivity contribution in [3.05, 3.63) is 0 Å². The molecule has 0 bridgehead atoms. The molecule has 2 aliphatic heterocycles. The minimum absolute atomic E-state index is 0. The fraction of sp³-hybridized carbons (Fsp3) is 1.00. The third-order valence-electron chi connectivity index (χ3n) is 3.88. The predicted octanol–water partition coefficient (Wildman–Crippen LogP) is 2.32. The normalized spacial score (nSPS) is 39.1. The van der Waals surface area contributed by atoms with E-state index in [1.807, 2.05) is 6.92 Å². The zero-order valence-electron chi connectivity index (χ0n) is 12.4. The first-order valence-electron chi connectivity index (χ1n) is 6.88. The molecule has 2 heterocycles. The maximum atomic E-state index is 9.11. The van der Waals surface area contributed by atoms with Crippen LogP contribution in [-0.4, -0.2) is 42.1 Å². The minimum atomic E-state index is -0.754. The Morgan fingerprint density at radius 3 is 1.95 bits per heavy atom. The summed E-state index contributed by atoms with van der Waals surface area (Å²) in [6.45, 7) is 7.65. The van der Waals surface area contributed by atoms with E-state index in [1.165, 1.54) is 0 Å². The lowest BCUT2D eigenvalue weighted by molar-refractivity contribution is -0.172. The first-order valence-corrected chi connectivity index (χ1v) is 7.36. The smallest absolute Gasteiger partial charge is 0.160 e. The van der Waals surface area contributed by atoms with E-state index in [-0.39, 0.29) is 24.3 Å². The molecule has 0 radical (unpaired) electrons. The predicted molar refractivity (Wildman–Crippen MR) is 84.5 cm³/mol. The van der Waals surface area contributed by atoms with Gasteiger partial charge in [-0.1, -0.05) is 28.2 Å². The molecule has 0 aromatic heterocycles. The Balaban J connectivity index is 0. The topological polar surface area (TPSA) is 68.2 Å². The van der Waals surface area contributed by atoms with Crippen LogP contribution in [0.2, 0.25) is 0 Å². The lowest BCUT2D eigenvalue weighted by Crippen LogP contribution is -2.35. The summed E-state index contributed by atoms with van der Waals surface area (Å²) >= 11 is 0. The quantitative estimate of drug-likeness (QED) is 0.722. The van der Waals surface area contributed by atoms with Crippen LogP contribution < -0.4 is 0 Å². The average Bonchev–Trinajstić information content (AvgIpc) is 2.38. The summed E-state index contributed by atoms with van der Waals surface area (Å²) in [6.07, 6.45) is 0.229. The van der Waals surface area contributed by atoms with Crippen LogP contribution in [-0.2, 0) is 14.0 Å². The number of aliphatic hydroxyl groups is 2. The molecule has 130 valence electrons. The van der Waals surface area contributed by atoms with Crippen molar-refractivity contribution in [3.8, 4) is 0 Å². The van der Waals surface area contributed by atoms with Gasteiger partial charge in [0, 0.05) is 28.2 Å². The zero-order chi connectivity index (χ0) is 14.4. The Kier molecular flexibility index (Phi) is 13.0. The number of rotatable bonds is 1. The van der Waals surface area contributed by atoms with Crippen LogP contribution in [0.25, 0.3) is 0 Å². The van der Waals surface area contributed by atoms with E-state index >= 15 is 0 Å². The molecule has 7 atom stereocenters. The second-order valence-corrected chi connectivity index (χ2v) is 5.93. The number of hydrogen-bond donors (Lipinski definition) is 2. The van der Waals surface area contributed by atoms with Gasteiger partial charge < -0.3 is 24.2 Å². The Hall–Kier alpha value is 0.160. The summed E-state index contributed by atoms with van der Waals surface area (Å²) in [6, 6.07) is 0. The van der Waals surface area contributed by atoms with Gasteiger partial charge in [0.05, 0.1) is 19.3 Å². The van der Waals surface area contributed by atoms with E-state index in [1.54, 1.807) is 0 Å². The highest BCUT2D eigenvalue weighted by molar-refractivity contribution is 7.09. The summed E-state index contributed by atoms with van der Waals surface area (Å²) in [5, 5.41) is 17.9. The molecule has 2 saturated heterocycles. The molecule has 5 nitrogen and oxygen atoms in total. The number of ether oxygens (including phenoxy) is 2. The van der Waals surface area contributed by atoms with Gasteiger partial charge in [-0.05, 0) is 11.8 Å². The first-order chi connectivity index (χ1) is 8.93. The van der Waals surface area contributed by atoms with Crippen molar-refractivity contribution in [2.75, 3.05) is 13.2 Å². The van der Waals surface area contributed by atoms with Gasteiger partial charge in [0.2, 0.25) is 0 Å². The van der Waals surface area contributed by atoms with Gasteiger partial charge in [-0.15, -0.1) is 0 Å². The largest absolute Gasteiger partial charge is 0.393 e. The Morgan fingerprint density at radius 1 is 0.952 bits per heavy atom. The summed E-state index contributed by atoms with van der Waals surface area (Å²) in [5.41, 5.74) is 0. The van der Waals surface area contributed by atoms with Gasteiger partial charge in [0.25, 0.3) is 0 Å². The minimum Gasteiger partial charge on any atom is -0.393 e. The molecule has 0 aromatic rings. The van der Waals surface area contributed by atoms with Gasteiger partial charge >= 0.3 is 0 Å². The van der Waals surface area contributed by atoms with Gasteiger partial charge in [-0.3, -0.25) is 4.70 Å². The molecule has 0 aliphatic carbocycles. The molecule has 0 amide bonds. The molecular formula is C14H32FO5P. The fourth-order valence-electron chi connectivity index (χ4n) is 2.00. The molecule has 0 aromatic carbocycles. The van der Waals surface area contributed by atoms with Crippen molar-refractivity contribution in [2.24, 2.45) is 17.8 Å². The van der Waals surface area contributed by atoms with Crippen LogP contribution in [0.3, 0.4) is 0 Å². The monoisotopic (exact) mass is 330 g/mol. The molecule has 0 spiro atoms. The molecular weight excluding hydrogens is 298 g/mol. The Bertz CT molecular complexity index is 260. The maximum absolute atomic E-state index is 9.11. The highest BCUT2D eigenvalue weighted by Crippen LogP contribution is 2.26. The highest BCUT2D eigenvalue weighted by Gasteiger charge is 2.25.